The van der Waals surface area contributed by atoms with Crippen molar-refractivity contribution in [3.05, 3.63) is 72.3 Å². The molecular weight excluding hydrogens is 206 g/mol. The number of hydrogen-bond donors (Lipinski definition) is 0. The summed E-state index contributed by atoms with van der Waals surface area (Å²) in [6.07, 6.45) is 2.76. The molecule has 2 aromatic rings. The Morgan fingerprint density at radius 3 is 2.41 bits per heavy atom. The maximum atomic E-state index is 9.06. The van der Waals surface area contributed by atoms with E-state index in [9.17, 15) is 0 Å². The molecule has 0 radical (unpaired) electrons. The van der Waals surface area contributed by atoms with Gasteiger partial charge in [-0.3, -0.25) is 0 Å². The molecule has 2 rings (SSSR count). The van der Waals surface area contributed by atoms with Gasteiger partial charge < -0.3 is 0 Å². The maximum Gasteiger partial charge on any atom is 0.0998 e. The van der Waals surface area contributed by atoms with Crippen molar-refractivity contribution in [2.75, 3.05) is 0 Å². The van der Waals surface area contributed by atoms with Gasteiger partial charge in [0.05, 0.1) is 11.6 Å². The zero-order chi connectivity index (χ0) is 12.1. The van der Waals surface area contributed by atoms with Crippen molar-refractivity contribution in [2.45, 2.75) is 6.42 Å². The first-order chi connectivity index (χ1) is 8.35. The molecular formula is C16H13N. The van der Waals surface area contributed by atoms with E-state index in [2.05, 4.69) is 36.9 Å². The number of benzene rings is 2. The van der Waals surface area contributed by atoms with Crippen molar-refractivity contribution in [1.29, 1.82) is 5.26 Å². The van der Waals surface area contributed by atoms with Crippen molar-refractivity contribution in [3.63, 3.8) is 0 Å². The molecule has 0 amide bonds. The Labute approximate surface area is 102 Å². The minimum Gasteiger partial charge on any atom is -0.192 e. The molecule has 0 aliphatic heterocycles. The van der Waals surface area contributed by atoms with E-state index >= 15 is 0 Å². The van der Waals surface area contributed by atoms with Crippen LogP contribution >= 0.6 is 0 Å². The molecule has 17 heavy (non-hydrogen) atoms. The summed E-state index contributed by atoms with van der Waals surface area (Å²) in [5.41, 5.74) is 4.01. The predicted octanol–water partition coefficient (Wildman–Crippen LogP) is 3.95. The lowest BCUT2D eigenvalue weighted by atomic mass is 9.99. The van der Waals surface area contributed by atoms with Crippen molar-refractivity contribution in [3.8, 4) is 17.2 Å². The van der Waals surface area contributed by atoms with E-state index in [1.54, 1.807) is 0 Å². The summed E-state index contributed by atoms with van der Waals surface area (Å²) in [5.74, 6) is 0. The molecule has 0 atom stereocenters. The summed E-state index contributed by atoms with van der Waals surface area (Å²) in [7, 11) is 0. The molecule has 0 saturated carbocycles. The molecule has 1 heteroatoms. The van der Waals surface area contributed by atoms with Gasteiger partial charge in [-0.25, -0.2) is 0 Å². The highest BCUT2D eigenvalue weighted by Crippen LogP contribution is 2.23. The third kappa shape index (κ3) is 2.43. The van der Waals surface area contributed by atoms with Crippen LogP contribution < -0.4 is 0 Å². The van der Waals surface area contributed by atoms with E-state index in [-0.39, 0.29) is 0 Å². The highest BCUT2D eigenvalue weighted by Gasteiger charge is 2.03. The van der Waals surface area contributed by atoms with E-state index in [1.165, 1.54) is 5.56 Å². The highest BCUT2D eigenvalue weighted by atomic mass is 14.2. The summed E-state index contributed by atoms with van der Waals surface area (Å²) >= 11 is 0. The lowest BCUT2D eigenvalue weighted by Crippen LogP contribution is -1.85. The van der Waals surface area contributed by atoms with Crippen LogP contribution in [0.15, 0.2) is 61.2 Å². The number of nitriles is 1. The van der Waals surface area contributed by atoms with E-state index in [4.69, 9.17) is 5.26 Å². The Hall–Kier alpha value is -2.33. The van der Waals surface area contributed by atoms with Crippen LogP contribution in [-0.4, -0.2) is 0 Å². The zero-order valence-corrected chi connectivity index (χ0v) is 9.56. The highest BCUT2D eigenvalue weighted by molar-refractivity contribution is 5.70. The fourth-order valence-electron chi connectivity index (χ4n) is 1.82. The summed E-state index contributed by atoms with van der Waals surface area (Å²) in [5, 5.41) is 9.06. The molecule has 0 heterocycles. The van der Waals surface area contributed by atoms with Gasteiger partial charge in [0.1, 0.15) is 0 Å². The van der Waals surface area contributed by atoms with Crippen molar-refractivity contribution in [1.82, 2.24) is 0 Å². The van der Waals surface area contributed by atoms with E-state index < -0.39 is 0 Å². The second-order valence-corrected chi connectivity index (χ2v) is 3.85. The van der Waals surface area contributed by atoms with Crippen LogP contribution in [-0.2, 0) is 6.42 Å². The minimum atomic E-state index is 0.712. The number of hydrogen-bond acceptors (Lipinski definition) is 1. The van der Waals surface area contributed by atoms with Crippen LogP contribution in [0.1, 0.15) is 11.1 Å². The van der Waals surface area contributed by atoms with Crippen molar-refractivity contribution >= 4 is 0 Å². The van der Waals surface area contributed by atoms with E-state index in [0.717, 1.165) is 17.5 Å². The molecule has 2 aromatic carbocycles. The van der Waals surface area contributed by atoms with Crippen LogP contribution in [0.25, 0.3) is 11.1 Å². The lowest BCUT2D eigenvalue weighted by molar-refractivity contribution is 1.28. The molecule has 0 aliphatic rings. The SMILES string of the molecule is C=CCc1ccc(-c2ccccc2C#N)cc1. The maximum absolute atomic E-state index is 9.06. The zero-order valence-electron chi connectivity index (χ0n) is 9.56. The quantitative estimate of drug-likeness (QED) is 0.717. The summed E-state index contributed by atoms with van der Waals surface area (Å²) in [6, 6.07) is 18.1. The molecule has 0 fully saturated rings. The molecule has 0 aromatic heterocycles. The normalized spacial score (nSPS) is 9.59. The minimum absolute atomic E-state index is 0.712. The summed E-state index contributed by atoms with van der Waals surface area (Å²) < 4.78 is 0. The lowest BCUT2D eigenvalue weighted by Gasteiger charge is -2.04. The molecule has 1 nitrogen and oxygen atoms in total. The first-order valence-corrected chi connectivity index (χ1v) is 5.54. The monoisotopic (exact) mass is 219 g/mol. The predicted molar refractivity (Wildman–Crippen MR) is 70.5 cm³/mol. The number of nitrogens with zero attached hydrogens (tertiary/aromatic N) is 1. The average Bonchev–Trinajstić information content (AvgIpc) is 2.40. The molecule has 0 aliphatic carbocycles. The Balaban J connectivity index is 2.40. The Kier molecular flexibility index (Phi) is 3.37. The van der Waals surface area contributed by atoms with Gasteiger partial charge in [0.25, 0.3) is 0 Å². The topological polar surface area (TPSA) is 23.8 Å². The van der Waals surface area contributed by atoms with Crippen molar-refractivity contribution in [2.24, 2.45) is 0 Å². The van der Waals surface area contributed by atoms with Crippen LogP contribution in [0.2, 0.25) is 0 Å². The third-order valence-corrected chi connectivity index (χ3v) is 2.69. The van der Waals surface area contributed by atoms with Crippen molar-refractivity contribution < 1.29 is 0 Å². The summed E-state index contributed by atoms with van der Waals surface area (Å²) in [6.45, 7) is 3.72. The Bertz CT molecular complexity index is 559. The van der Waals surface area contributed by atoms with Gasteiger partial charge in [-0.2, -0.15) is 5.26 Å². The first-order valence-electron chi connectivity index (χ1n) is 5.54. The molecule has 0 bridgehead atoms. The number of rotatable bonds is 3. The summed E-state index contributed by atoms with van der Waals surface area (Å²) in [4.78, 5) is 0. The van der Waals surface area contributed by atoms with Gasteiger partial charge in [0.2, 0.25) is 0 Å². The Morgan fingerprint density at radius 1 is 1.06 bits per heavy atom. The second-order valence-electron chi connectivity index (χ2n) is 3.85. The molecule has 0 spiro atoms. The standard InChI is InChI=1S/C16H13N/c1-2-5-13-8-10-14(11-9-13)16-7-4-3-6-15(16)12-17/h2-4,6-11H,1,5H2. The van der Waals surface area contributed by atoms with E-state index in [1.807, 2.05) is 30.3 Å². The fourth-order valence-corrected chi connectivity index (χ4v) is 1.82. The van der Waals surface area contributed by atoms with Crippen LogP contribution in [0, 0.1) is 11.3 Å². The first kappa shape index (κ1) is 11.2. The third-order valence-electron chi connectivity index (χ3n) is 2.69. The largest absolute Gasteiger partial charge is 0.192 e. The van der Waals surface area contributed by atoms with E-state index in [0.29, 0.717) is 5.56 Å². The molecule has 82 valence electrons. The molecule has 0 N–H and O–H groups in total. The van der Waals surface area contributed by atoms with Gasteiger partial charge in [-0.1, -0.05) is 48.5 Å². The molecule has 0 saturated heterocycles. The van der Waals surface area contributed by atoms with Crippen LogP contribution in [0.5, 0.6) is 0 Å². The number of allylic oxidation sites excluding steroid dienone is 1. The van der Waals surface area contributed by atoms with Gasteiger partial charge in [0, 0.05) is 0 Å². The van der Waals surface area contributed by atoms with Gasteiger partial charge in [-0.15, -0.1) is 6.58 Å². The second kappa shape index (κ2) is 5.14. The average molecular weight is 219 g/mol. The Morgan fingerprint density at radius 2 is 1.76 bits per heavy atom. The van der Waals surface area contributed by atoms with Crippen LogP contribution in [0.3, 0.4) is 0 Å². The van der Waals surface area contributed by atoms with Gasteiger partial charge in [-0.05, 0) is 29.2 Å². The van der Waals surface area contributed by atoms with Gasteiger partial charge in [0.15, 0.2) is 0 Å². The fraction of sp³-hybridized carbons (Fsp3) is 0.0625. The molecule has 0 unspecified atom stereocenters. The van der Waals surface area contributed by atoms with Crippen LogP contribution in [0.4, 0.5) is 0 Å². The smallest absolute Gasteiger partial charge is 0.0998 e. The van der Waals surface area contributed by atoms with Gasteiger partial charge >= 0.3 is 0 Å².